The maximum atomic E-state index is 13.4. The van der Waals surface area contributed by atoms with E-state index in [4.69, 9.17) is 0 Å². The van der Waals surface area contributed by atoms with Gasteiger partial charge in [-0.25, -0.2) is 9.67 Å². The molecule has 0 saturated heterocycles. The molecule has 5 heteroatoms. The molecule has 0 radical (unpaired) electrons. The normalized spacial score (nSPS) is 22.3. The predicted octanol–water partition coefficient (Wildman–Crippen LogP) is 3.39. The van der Waals surface area contributed by atoms with Gasteiger partial charge in [0, 0.05) is 24.0 Å². The maximum Gasteiger partial charge on any atom is 0.237 e. The summed E-state index contributed by atoms with van der Waals surface area (Å²) in [6, 6.07) is 10.1. The SMILES string of the molecule is CC1=Nc2ccnn2C(C(C)C)C1C(=O)N1CCc2ccccc21. The van der Waals surface area contributed by atoms with Crippen molar-refractivity contribution >= 4 is 23.1 Å². The van der Waals surface area contributed by atoms with Crippen LogP contribution in [0.5, 0.6) is 0 Å². The van der Waals surface area contributed by atoms with Crippen LogP contribution in [0.25, 0.3) is 0 Å². The van der Waals surface area contributed by atoms with E-state index in [1.54, 1.807) is 6.20 Å². The summed E-state index contributed by atoms with van der Waals surface area (Å²) in [6.07, 6.45) is 2.68. The Morgan fingerprint density at radius 2 is 2.04 bits per heavy atom. The van der Waals surface area contributed by atoms with Crippen molar-refractivity contribution in [3.05, 3.63) is 42.1 Å². The largest absolute Gasteiger partial charge is 0.311 e. The van der Waals surface area contributed by atoms with Crippen LogP contribution in [-0.4, -0.2) is 27.9 Å². The molecule has 2 aliphatic heterocycles. The molecule has 2 unspecified atom stereocenters. The Kier molecular flexibility index (Phi) is 3.52. The van der Waals surface area contributed by atoms with E-state index in [2.05, 4.69) is 30.0 Å². The summed E-state index contributed by atoms with van der Waals surface area (Å²) >= 11 is 0. The number of benzene rings is 1. The average Bonchev–Trinajstić information content (AvgIpc) is 3.18. The molecule has 0 aliphatic carbocycles. The van der Waals surface area contributed by atoms with Crippen molar-refractivity contribution in [2.75, 3.05) is 11.4 Å². The van der Waals surface area contributed by atoms with Crippen LogP contribution in [0.1, 0.15) is 32.4 Å². The number of hydrogen-bond donors (Lipinski definition) is 0. The van der Waals surface area contributed by atoms with Crippen LogP contribution in [-0.2, 0) is 11.2 Å². The van der Waals surface area contributed by atoms with Gasteiger partial charge in [0.05, 0.1) is 18.2 Å². The fourth-order valence-corrected chi connectivity index (χ4v) is 3.99. The molecule has 0 fully saturated rings. The fourth-order valence-electron chi connectivity index (χ4n) is 3.99. The van der Waals surface area contributed by atoms with Gasteiger partial charge in [-0.2, -0.15) is 5.10 Å². The maximum absolute atomic E-state index is 13.4. The number of hydrogen-bond acceptors (Lipinski definition) is 3. The number of nitrogens with zero attached hydrogens (tertiary/aromatic N) is 4. The summed E-state index contributed by atoms with van der Waals surface area (Å²) in [5.41, 5.74) is 3.18. The van der Waals surface area contributed by atoms with Gasteiger partial charge in [0.2, 0.25) is 5.91 Å². The van der Waals surface area contributed by atoms with E-state index >= 15 is 0 Å². The molecule has 4 rings (SSSR count). The molecular formula is C19H22N4O. The summed E-state index contributed by atoms with van der Waals surface area (Å²) in [5, 5.41) is 4.44. The van der Waals surface area contributed by atoms with E-state index in [1.165, 1.54) is 5.56 Å². The van der Waals surface area contributed by atoms with E-state index in [-0.39, 0.29) is 17.9 Å². The van der Waals surface area contributed by atoms with Gasteiger partial charge in [-0.1, -0.05) is 32.0 Å². The second-order valence-electron chi connectivity index (χ2n) is 6.97. The highest BCUT2D eigenvalue weighted by molar-refractivity contribution is 6.11. The number of aromatic nitrogens is 2. The summed E-state index contributed by atoms with van der Waals surface area (Å²) in [6.45, 7) is 7.01. The highest BCUT2D eigenvalue weighted by Gasteiger charge is 2.42. The first-order chi connectivity index (χ1) is 11.6. The molecule has 0 saturated carbocycles. The third-order valence-electron chi connectivity index (χ3n) is 5.12. The summed E-state index contributed by atoms with van der Waals surface area (Å²) < 4.78 is 1.92. The second-order valence-corrected chi connectivity index (χ2v) is 6.97. The number of aliphatic imine (C=N–C) groups is 1. The number of anilines is 1. The lowest BCUT2D eigenvalue weighted by Crippen LogP contribution is -2.45. The molecule has 1 aromatic heterocycles. The molecular weight excluding hydrogens is 300 g/mol. The van der Waals surface area contributed by atoms with E-state index in [0.717, 1.165) is 30.2 Å². The lowest BCUT2D eigenvalue weighted by atomic mass is 9.85. The Hall–Kier alpha value is -2.43. The Morgan fingerprint density at radius 3 is 2.83 bits per heavy atom. The van der Waals surface area contributed by atoms with E-state index in [1.807, 2.05) is 40.8 Å². The number of carbonyl (C=O) groups is 1. The molecule has 0 N–H and O–H groups in total. The third-order valence-corrected chi connectivity index (χ3v) is 5.12. The van der Waals surface area contributed by atoms with Crippen molar-refractivity contribution in [1.82, 2.24) is 9.78 Å². The highest BCUT2D eigenvalue weighted by atomic mass is 16.2. The number of rotatable bonds is 2. The van der Waals surface area contributed by atoms with Crippen LogP contribution in [0.3, 0.4) is 0 Å². The molecule has 2 aliphatic rings. The van der Waals surface area contributed by atoms with Crippen molar-refractivity contribution in [3.8, 4) is 0 Å². The molecule has 3 heterocycles. The molecule has 24 heavy (non-hydrogen) atoms. The van der Waals surface area contributed by atoms with Crippen molar-refractivity contribution in [2.24, 2.45) is 16.8 Å². The van der Waals surface area contributed by atoms with Gasteiger partial charge >= 0.3 is 0 Å². The third kappa shape index (κ3) is 2.19. The zero-order chi connectivity index (χ0) is 16.8. The molecule has 0 spiro atoms. The van der Waals surface area contributed by atoms with Gasteiger partial charge in [0.1, 0.15) is 0 Å². The molecule has 2 aromatic rings. The lowest BCUT2D eigenvalue weighted by Gasteiger charge is -2.35. The average molecular weight is 322 g/mol. The topological polar surface area (TPSA) is 50.5 Å². The molecule has 1 amide bonds. The van der Waals surface area contributed by atoms with Gasteiger partial charge in [0.25, 0.3) is 0 Å². The number of para-hydroxylation sites is 1. The monoisotopic (exact) mass is 322 g/mol. The Labute approximate surface area is 142 Å². The van der Waals surface area contributed by atoms with E-state index < -0.39 is 0 Å². The molecule has 0 bridgehead atoms. The van der Waals surface area contributed by atoms with Gasteiger partial charge in [-0.05, 0) is 30.9 Å². The standard InChI is InChI=1S/C19H22N4O/c1-12(2)18-17(13(3)21-16-8-10-20-23(16)18)19(24)22-11-9-14-6-4-5-7-15(14)22/h4-8,10,12,17-18H,9,11H2,1-3H3. The summed E-state index contributed by atoms with van der Waals surface area (Å²) in [5.74, 6) is 1.02. The first-order valence-corrected chi connectivity index (χ1v) is 8.56. The molecule has 124 valence electrons. The van der Waals surface area contributed by atoms with Gasteiger partial charge in [0.15, 0.2) is 5.82 Å². The van der Waals surface area contributed by atoms with E-state index in [0.29, 0.717) is 5.92 Å². The zero-order valence-corrected chi connectivity index (χ0v) is 14.3. The van der Waals surface area contributed by atoms with Gasteiger partial charge in [-0.15, -0.1) is 0 Å². The van der Waals surface area contributed by atoms with Crippen LogP contribution < -0.4 is 4.90 Å². The van der Waals surface area contributed by atoms with Crippen LogP contribution >= 0.6 is 0 Å². The minimum absolute atomic E-state index is 0.00719. The molecule has 1 aromatic carbocycles. The number of carbonyl (C=O) groups excluding carboxylic acids is 1. The molecule has 5 nitrogen and oxygen atoms in total. The van der Waals surface area contributed by atoms with Crippen molar-refractivity contribution in [2.45, 2.75) is 33.2 Å². The Balaban J connectivity index is 1.74. The van der Waals surface area contributed by atoms with Crippen LogP contribution in [0.15, 0.2) is 41.5 Å². The quantitative estimate of drug-likeness (QED) is 0.851. The van der Waals surface area contributed by atoms with Crippen molar-refractivity contribution in [3.63, 3.8) is 0 Å². The minimum Gasteiger partial charge on any atom is -0.311 e. The lowest BCUT2D eigenvalue weighted by molar-refractivity contribution is -0.122. The zero-order valence-electron chi connectivity index (χ0n) is 14.3. The number of amides is 1. The molecule has 2 atom stereocenters. The number of fused-ring (bicyclic) bond motifs is 2. The van der Waals surface area contributed by atoms with Crippen LogP contribution in [0.4, 0.5) is 11.5 Å². The smallest absolute Gasteiger partial charge is 0.237 e. The first kappa shape index (κ1) is 15.1. The fraction of sp³-hybridized carbons (Fsp3) is 0.421. The predicted molar refractivity (Wildman–Crippen MR) is 94.9 cm³/mol. The van der Waals surface area contributed by atoms with Crippen molar-refractivity contribution in [1.29, 1.82) is 0 Å². The van der Waals surface area contributed by atoms with Gasteiger partial charge < -0.3 is 4.90 Å². The summed E-state index contributed by atoms with van der Waals surface area (Å²) in [4.78, 5) is 20.0. The minimum atomic E-state index is -0.261. The Morgan fingerprint density at radius 1 is 1.25 bits per heavy atom. The Bertz CT molecular complexity index is 820. The van der Waals surface area contributed by atoms with Crippen LogP contribution in [0.2, 0.25) is 0 Å². The second kappa shape index (κ2) is 5.58. The first-order valence-electron chi connectivity index (χ1n) is 8.56. The highest BCUT2D eigenvalue weighted by Crippen LogP contribution is 2.39. The summed E-state index contributed by atoms with van der Waals surface area (Å²) in [7, 11) is 0. The van der Waals surface area contributed by atoms with Gasteiger partial charge in [-0.3, -0.25) is 4.79 Å². The van der Waals surface area contributed by atoms with E-state index in [9.17, 15) is 4.79 Å². The van der Waals surface area contributed by atoms with Crippen LogP contribution in [0, 0.1) is 11.8 Å². The van der Waals surface area contributed by atoms with Crippen molar-refractivity contribution < 1.29 is 4.79 Å².